The monoisotopic (exact) mass is 657 g/mol. The number of aromatic nitrogens is 1. The van der Waals surface area contributed by atoms with Crippen molar-refractivity contribution in [3.05, 3.63) is 130 Å². The number of fused-ring (bicyclic) bond motifs is 1. The number of amides is 4. The van der Waals surface area contributed by atoms with Crippen molar-refractivity contribution in [2.75, 3.05) is 5.32 Å². The molecule has 1 aromatic heterocycles. The standard InChI is InChI=1S/C35H33Cl2N5O4/c36-26-10-3-6-22(14-26)16-28-20-33(44)40-29-12-2-1-9-25(29)19-32(43)41-30(17-23-7-4-11-27(37)15-23)35(46)42-31(34(45)39-28)18-24-8-5-13-38-21-24/h1-15,21,28,30-31H,16-20H2,(H,39,45)(H,40,44)(H,41,43)(H,42,46)/t28-,30-,31-/m0/s1. The van der Waals surface area contributed by atoms with E-state index in [4.69, 9.17) is 23.2 Å². The van der Waals surface area contributed by atoms with Gasteiger partial charge in [-0.25, -0.2) is 0 Å². The second kappa shape index (κ2) is 15.5. The normalized spacial score (nSPS) is 19.4. The number of anilines is 1. The van der Waals surface area contributed by atoms with Crippen molar-refractivity contribution in [1.82, 2.24) is 20.9 Å². The number of carbonyl (C=O) groups is 4. The number of nitrogens with one attached hydrogen (secondary N) is 4. The van der Waals surface area contributed by atoms with Gasteiger partial charge in [0.1, 0.15) is 12.1 Å². The van der Waals surface area contributed by atoms with Crippen LogP contribution in [0.5, 0.6) is 0 Å². The summed E-state index contributed by atoms with van der Waals surface area (Å²) in [6.45, 7) is 0. The highest BCUT2D eigenvalue weighted by molar-refractivity contribution is 6.30. The van der Waals surface area contributed by atoms with E-state index in [-0.39, 0.29) is 31.6 Å². The van der Waals surface area contributed by atoms with Gasteiger partial charge >= 0.3 is 0 Å². The maximum Gasteiger partial charge on any atom is 0.243 e. The summed E-state index contributed by atoms with van der Waals surface area (Å²) in [6, 6.07) is 22.1. The Hall–Kier alpha value is -4.73. The molecule has 0 aliphatic carbocycles. The number of hydrogen-bond donors (Lipinski definition) is 4. The average molecular weight is 659 g/mol. The highest BCUT2D eigenvalue weighted by Gasteiger charge is 2.30. The van der Waals surface area contributed by atoms with Crippen LogP contribution in [-0.2, 0) is 44.9 Å². The molecule has 0 saturated carbocycles. The summed E-state index contributed by atoms with van der Waals surface area (Å²) in [5.41, 5.74) is 3.32. The number of halogens is 2. The minimum absolute atomic E-state index is 0.0657. The van der Waals surface area contributed by atoms with E-state index in [1.54, 1.807) is 85.2 Å². The van der Waals surface area contributed by atoms with Gasteiger partial charge in [-0.05, 0) is 65.1 Å². The average Bonchev–Trinajstić information content (AvgIpc) is 3.01. The molecule has 3 atom stereocenters. The molecule has 1 aliphatic rings. The number of para-hydroxylation sites is 1. The first-order valence-electron chi connectivity index (χ1n) is 14.9. The minimum Gasteiger partial charge on any atom is -0.351 e. The van der Waals surface area contributed by atoms with Gasteiger partial charge in [0.2, 0.25) is 23.6 Å². The number of hydrogen-bond acceptors (Lipinski definition) is 5. The lowest BCUT2D eigenvalue weighted by atomic mass is 10.0. The summed E-state index contributed by atoms with van der Waals surface area (Å²) in [4.78, 5) is 58.7. The second-order valence-electron chi connectivity index (χ2n) is 11.2. The first-order valence-corrected chi connectivity index (χ1v) is 15.6. The van der Waals surface area contributed by atoms with Crippen LogP contribution in [0.3, 0.4) is 0 Å². The van der Waals surface area contributed by atoms with E-state index in [9.17, 15) is 19.2 Å². The SMILES string of the molecule is O=C1C[C@H](Cc2cccc(Cl)c2)NC(=O)[C@H](Cc2cccnc2)NC(=O)[C@H](Cc2cccc(Cl)c2)NC(=O)Cc2ccccc2N1. The first kappa shape index (κ1) is 32.7. The molecular weight excluding hydrogens is 625 g/mol. The minimum atomic E-state index is -1.04. The van der Waals surface area contributed by atoms with E-state index in [0.29, 0.717) is 27.7 Å². The predicted molar refractivity (Wildman–Crippen MR) is 177 cm³/mol. The third-order valence-electron chi connectivity index (χ3n) is 7.57. The van der Waals surface area contributed by atoms with Gasteiger partial charge in [-0.1, -0.05) is 71.7 Å². The Morgan fingerprint density at radius 3 is 1.98 bits per heavy atom. The summed E-state index contributed by atoms with van der Waals surface area (Å²) >= 11 is 12.4. The number of carbonyl (C=O) groups excluding carboxylic acids is 4. The zero-order valence-electron chi connectivity index (χ0n) is 24.8. The Balaban J connectivity index is 1.51. The fraction of sp³-hybridized carbons (Fsp3) is 0.229. The highest BCUT2D eigenvalue weighted by Crippen LogP contribution is 2.19. The first-order chi connectivity index (χ1) is 22.2. The Morgan fingerprint density at radius 2 is 1.28 bits per heavy atom. The van der Waals surface area contributed by atoms with Crippen molar-refractivity contribution in [2.24, 2.45) is 0 Å². The molecule has 11 heteroatoms. The van der Waals surface area contributed by atoms with Crippen molar-refractivity contribution in [3.63, 3.8) is 0 Å². The van der Waals surface area contributed by atoms with E-state index >= 15 is 0 Å². The molecule has 5 rings (SSSR count). The van der Waals surface area contributed by atoms with Crippen molar-refractivity contribution in [3.8, 4) is 0 Å². The molecule has 236 valence electrons. The summed E-state index contributed by atoms with van der Waals surface area (Å²) in [7, 11) is 0. The molecule has 0 bridgehead atoms. The van der Waals surface area contributed by atoms with E-state index in [1.807, 2.05) is 12.1 Å². The van der Waals surface area contributed by atoms with Gasteiger partial charge < -0.3 is 21.3 Å². The van der Waals surface area contributed by atoms with E-state index in [1.165, 1.54) is 0 Å². The third kappa shape index (κ3) is 9.39. The molecule has 1 aliphatic heterocycles. The Bertz CT molecular complexity index is 1720. The summed E-state index contributed by atoms with van der Waals surface area (Å²) in [5, 5.41) is 12.6. The van der Waals surface area contributed by atoms with Gasteiger partial charge in [-0.3, -0.25) is 24.2 Å². The maximum atomic E-state index is 13.9. The Morgan fingerprint density at radius 1 is 0.652 bits per heavy atom. The van der Waals surface area contributed by atoms with Gasteiger partial charge in [0.15, 0.2) is 0 Å². The maximum absolute atomic E-state index is 13.9. The van der Waals surface area contributed by atoms with Crippen LogP contribution in [0.15, 0.2) is 97.3 Å². The van der Waals surface area contributed by atoms with Crippen LogP contribution in [0.25, 0.3) is 0 Å². The molecule has 0 fully saturated rings. The summed E-state index contributed by atoms with van der Waals surface area (Å²) in [5.74, 6) is -1.80. The van der Waals surface area contributed by atoms with Crippen molar-refractivity contribution in [1.29, 1.82) is 0 Å². The number of pyridine rings is 1. The van der Waals surface area contributed by atoms with Gasteiger partial charge in [-0.15, -0.1) is 0 Å². The molecule has 2 heterocycles. The molecule has 0 saturated heterocycles. The summed E-state index contributed by atoms with van der Waals surface area (Å²) < 4.78 is 0. The molecule has 0 radical (unpaired) electrons. The predicted octanol–water partition coefficient (Wildman–Crippen LogP) is 4.46. The molecule has 0 unspecified atom stereocenters. The van der Waals surface area contributed by atoms with Gasteiger partial charge in [0.25, 0.3) is 0 Å². The fourth-order valence-electron chi connectivity index (χ4n) is 5.41. The van der Waals surface area contributed by atoms with E-state index in [2.05, 4.69) is 26.3 Å². The molecule has 4 amide bonds. The molecule has 3 aromatic carbocycles. The molecule has 4 aromatic rings. The van der Waals surface area contributed by atoms with Gasteiger partial charge in [0.05, 0.1) is 6.42 Å². The van der Waals surface area contributed by atoms with Crippen LogP contribution in [0.2, 0.25) is 10.0 Å². The number of benzene rings is 3. The van der Waals surface area contributed by atoms with E-state index < -0.39 is 35.8 Å². The van der Waals surface area contributed by atoms with E-state index in [0.717, 1.165) is 16.7 Å². The van der Waals surface area contributed by atoms with Gasteiger partial charge in [0, 0.05) is 53.4 Å². The molecule has 9 nitrogen and oxygen atoms in total. The fourth-order valence-corrected chi connectivity index (χ4v) is 5.84. The summed E-state index contributed by atoms with van der Waals surface area (Å²) in [6.07, 6.45) is 3.66. The third-order valence-corrected chi connectivity index (χ3v) is 8.04. The van der Waals surface area contributed by atoms with Crippen LogP contribution in [0.4, 0.5) is 5.69 Å². The van der Waals surface area contributed by atoms with Crippen LogP contribution >= 0.6 is 23.2 Å². The van der Waals surface area contributed by atoms with Crippen LogP contribution < -0.4 is 21.3 Å². The smallest absolute Gasteiger partial charge is 0.243 e. The molecule has 4 N–H and O–H groups in total. The topological polar surface area (TPSA) is 129 Å². The Labute approximate surface area is 277 Å². The number of nitrogens with zero attached hydrogens (tertiary/aromatic N) is 1. The second-order valence-corrected chi connectivity index (χ2v) is 12.1. The van der Waals surface area contributed by atoms with Crippen molar-refractivity contribution >= 4 is 52.5 Å². The quantitative estimate of drug-likeness (QED) is 0.243. The molecular formula is C35H33Cl2N5O4. The largest absolute Gasteiger partial charge is 0.351 e. The zero-order valence-corrected chi connectivity index (χ0v) is 26.4. The number of rotatable bonds is 6. The van der Waals surface area contributed by atoms with Crippen LogP contribution in [0.1, 0.15) is 28.7 Å². The zero-order chi connectivity index (χ0) is 32.5. The van der Waals surface area contributed by atoms with Crippen LogP contribution in [-0.4, -0.2) is 46.7 Å². The van der Waals surface area contributed by atoms with Crippen molar-refractivity contribution in [2.45, 2.75) is 50.2 Å². The molecule has 46 heavy (non-hydrogen) atoms. The molecule has 0 spiro atoms. The lowest BCUT2D eigenvalue weighted by Gasteiger charge is -2.26. The lowest BCUT2D eigenvalue weighted by molar-refractivity contribution is -0.132. The van der Waals surface area contributed by atoms with Crippen LogP contribution in [0, 0.1) is 0 Å². The lowest BCUT2D eigenvalue weighted by Crippen LogP contribution is -2.56. The van der Waals surface area contributed by atoms with Crippen molar-refractivity contribution < 1.29 is 19.2 Å². The highest BCUT2D eigenvalue weighted by atomic mass is 35.5. The Kier molecular flexibility index (Phi) is 11.0. The van der Waals surface area contributed by atoms with Gasteiger partial charge in [-0.2, -0.15) is 0 Å².